The summed E-state index contributed by atoms with van der Waals surface area (Å²) in [5, 5.41) is 10.8. The molecule has 0 aliphatic carbocycles. The summed E-state index contributed by atoms with van der Waals surface area (Å²) in [5.41, 5.74) is 1.79. The molecule has 0 bridgehead atoms. The lowest BCUT2D eigenvalue weighted by Crippen LogP contribution is -2.31. The van der Waals surface area contributed by atoms with Crippen LogP contribution in [-0.4, -0.2) is 34.6 Å². The molecule has 1 aliphatic rings. The summed E-state index contributed by atoms with van der Waals surface area (Å²) >= 11 is 0. The van der Waals surface area contributed by atoms with Gasteiger partial charge in [0.2, 0.25) is 0 Å². The van der Waals surface area contributed by atoms with Crippen molar-refractivity contribution in [3.05, 3.63) is 36.0 Å². The van der Waals surface area contributed by atoms with Crippen LogP contribution in [0.1, 0.15) is 25.0 Å². The van der Waals surface area contributed by atoms with Gasteiger partial charge in [-0.15, -0.1) is 0 Å². The number of phenolic OH excluding ortho intramolecular Hbond substituents is 1. The maximum atomic E-state index is 9.84. The quantitative estimate of drug-likeness (QED) is 0.917. The first-order chi connectivity index (χ1) is 9.33. The van der Waals surface area contributed by atoms with Crippen molar-refractivity contribution in [1.29, 1.82) is 0 Å². The Balaban J connectivity index is 1.72. The second-order valence-electron chi connectivity index (χ2n) is 5.30. The number of hydrogen-bond donors (Lipinski definition) is 1. The molecule has 0 spiro atoms. The third-order valence-electron chi connectivity index (χ3n) is 3.89. The molecule has 3 nitrogen and oxygen atoms in total. The van der Waals surface area contributed by atoms with Gasteiger partial charge in [-0.1, -0.05) is 24.6 Å². The monoisotopic (exact) mass is 256 g/mol. The Morgan fingerprint density at radius 1 is 1.05 bits per heavy atom. The number of nitrogens with zero attached hydrogens (tertiary/aromatic N) is 2. The fraction of sp³-hybridized carbons (Fsp3) is 0.438. The molecule has 0 atom stereocenters. The van der Waals surface area contributed by atoms with E-state index in [1.807, 2.05) is 18.2 Å². The summed E-state index contributed by atoms with van der Waals surface area (Å²) in [6.07, 6.45) is 4.99. The minimum Gasteiger partial charge on any atom is -0.506 e. The molecule has 19 heavy (non-hydrogen) atoms. The molecular weight excluding hydrogens is 236 g/mol. The van der Waals surface area contributed by atoms with Gasteiger partial charge in [0.15, 0.2) is 0 Å². The first-order valence-corrected chi connectivity index (χ1v) is 7.13. The zero-order valence-corrected chi connectivity index (χ0v) is 11.2. The van der Waals surface area contributed by atoms with E-state index in [1.54, 1.807) is 6.07 Å². The van der Waals surface area contributed by atoms with E-state index in [0.717, 1.165) is 29.6 Å². The van der Waals surface area contributed by atoms with Gasteiger partial charge in [0.1, 0.15) is 11.3 Å². The Labute approximate surface area is 113 Å². The normalized spacial score (nSPS) is 16.8. The van der Waals surface area contributed by atoms with Crippen LogP contribution in [0.4, 0.5) is 0 Å². The molecule has 100 valence electrons. The van der Waals surface area contributed by atoms with E-state index in [2.05, 4.69) is 16.0 Å². The molecule has 1 fully saturated rings. The topological polar surface area (TPSA) is 36.4 Å². The fourth-order valence-corrected chi connectivity index (χ4v) is 2.77. The molecule has 1 N–H and O–H groups in total. The zero-order valence-electron chi connectivity index (χ0n) is 11.2. The van der Waals surface area contributed by atoms with Crippen molar-refractivity contribution >= 4 is 10.9 Å². The third-order valence-corrected chi connectivity index (χ3v) is 3.89. The average Bonchev–Trinajstić information content (AvgIpc) is 2.47. The Morgan fingerprint density at radius 2 is 1.89 bits per heavy atom. The largest absolute Gasteiger partial charge is 0.506 e. The molecule has 3 heteroatoms. The molecular formula is C16H20N2O. The summed E-state index contributed by atoms with van der Waals surface area (Å²) in [6, 6.07) is 9.66. The van der Waals surface area contributed by atoms with Crippen molar-refractivity contribution in [2.45, 2.75) is 25.7 Å². The maximum absolute atomic E-state index is 9.84. The number of fused-ring (bicyclic) bond motifs is 1. The van der Waals surface area contributed by atoms with Gasteiger partial charge >= 0.3 is 0 Å². The van der Waals surface area contributed by atoms with Crippen molar-refractivity contribution < 1.29 is 5.11 Å². The Hall–Kier alpha value is -1.61. The molecule has 2 aromatic rings. The molecule has 3 rings (SSSR count). The highest BCUT2D eigenvalue weighted by Crippen LogP contribution is 2.22. The minimum atomic E-state index is 0.275. The molecule has 0 unspecified atom stereocenters. The summed E-state index contributed by atoms with van der Waals surface area (Å²) in [6.45, 7) is 3.52. The van der Waals surface area contributed by atoms with Crippen molar-refractivity contribution in [3.8, 4) is 5.75 Å². The number of benzene rings is 1. The second-order valence-corrected chi connectivity index (χ2v) is 5.30. The zero-order chi connectivity index (χ0) is 13.1. The van der Waals surface area contributed by atoms with Gasteiger partial charge in [-0.2, -0.15) is 0 Å². The van der Waals surface area contributed by atoms with Crippen LogP contribution in [0.3, 0.4) is 0 Å². The van der Waals surface area contributed by atoms with Crippen LogP contribution in [0.15, 0.2) is 30.3 Å². The molecule has 1 aromatic carbocycles. The van der Waals surface area contributed by atoms with E-state index in [0.29, 0.717) is 0 Å². The fourth-order valence-electron chi connectivity index (χ4n) is 2.77. The van der Waals surface area contributed by atoms with Crippen LogP contribution in [-0.2, 0) is 6.42 Å². The summed E-state index contributed by atoms with van der Waals surface area (Å²) < 4.78 is 0. The Morgan fingerprint density at radius 3 is 2.74 bits per heavy atom. The molecule has 1 aliphatic heterocycles. The second kappa shape index (κ2) is 5.57. The lowest BCUT2D eigenvalue weighted by atomic mass is 10.1. The number of hydrogen-bond acceptors (Lipinski definition) is 3. The van der Waals surface area contributed by atoms with Crippen molar-refractivity contribution in [3.63, 3.8) is 0 Å². The third kappa shape index (κ3) is 2.87. The summed E-state index contributed by atoms with van der Waals surface area (Å²) in [4.78, 5) is 7.10. The van der Waals surface area contributed by atoms with Crippen LogP contribution >= 0.6 is 0 Å². The number of rotatable bonds is 3. The van der Waals surface area contributed by atoms with E-state index < -0.39 is 0 Å². The van der Waals surface area contributed by atoms with Crippen molar-refractivity contribution in [2.24, 2.45) is 0 Å². The number of aromatic nitrogens is 1. The van der Waals surface area contributed by atoms with Gasteiger partial charge in [0.05, 0.1) is 0 Å². The number of aromatic hydroxyl groups is 1. The number of piperidine rings is 1. The molecule has 0 saturated carbocycles. The minimum absolute atomic E-state index is 0.275. The van der Waals surface area contributed by atoms with Crippen LogP contribution in [0.25, 0.3) is 10.9 Å². The van der Waals surface area contributed by atoms with Gasteiger partial charge < -0.3 is 10.0 Å². The molecule has 2 heterocycles. The van der Waals surface area contributed by atoms with E-state index >= 15 is 0 Å². The highest BCUT2D eigenvalue weighted by molar-refractivity contribution is 5.84. The van der Waals surface area contributed by atoms with Gasteiger partial charge in [-0.3, -0.25) is 0 Å². The molecule has 1 saturated heterocycles. The number of likely N-dealkylation sites (tertiary alicyclic amines) is 1. The van der Waals surface area contributed by atoms with E-state index in [4.69, 9.17) is 0 Å². The maximum Gasteiger partial charge on any atom is 0.141 e. The van der Waals surface area contributed by atoms with Gasteiger partial charge in [-0.05, 0) is 38.1 Å². The highest BCUT2D eigenvalue weighted by atomic mass is 16.3. The lowest BCUT2D eigenvalue weighted by molar-refractivity contribution is 0.231. The van der Waals surface area contributed by atoms with E-state index in [-0.39, 0.29) is 5.75 Å². The van der Waals surface area contributed by atoms with Crippen LogP contribution in [0.5, 0.6) is 5.75 Å². The predicted molar refractivity (Wildman–Crippen MR) is 77.4 cm³/mol. The predicted octanol–water partition coefficient (Wildman–Crippen LogP) is 2.97. The number of para-hydroxylation sites is 1. The van der Waals surface area contributed by atoms with Crippen molar-refractivity contribution in [1.82, 2.24) is 9.88 Å². The average molecular weight is 256 g/mol. The molecule has 0 radical (unpaired) electrons. The Kier molecular flexibility index (Phi) is 3.65. The van der Waals surface area contributed by atoms with Crippen molar-refractivity contribution in [2.75, 3.05) is 19.6 Å². The van der Waals surface area contributed by atoms with E-state index in [1.165, 1.54) is 32.4 Å². The van der Waals surface area contributed by atoms with Crippen LogP contribution in [0, 0.1) is 0 Å². The summed E-state index contributed by atoms with van der Waals surface area (Å²) in [7, 11) is 0. The molecule has 1 aromatic heterocycles. The van der Waals surface area contributed by atoms with Gasteiger partial charge in [-0.25, -0.2) is 4.98 Å². The van der Waals surface area contributed by atoms with Crippen LogP contribution < -0.4 is 0 Å². The lowest BCUT2D eigenvalue weighted by Gasteiger charge is -2.26. The van der Waals surface area contributed by atoms with Gasteiger partial charge in [0, 0.05) is 24.0 Å². The highest BCUT2D eigenvalue weighted by Gasteiger charge is 2.10. The molecule has 0 amide bonds. The Bertz CT molecular complexity index is 562. The smallest absolute Gasteiger partial charge is 0.141 e. The van der Waals surface area contributed by atoms with Gasteiger partial charge in [0.25, 0.3) is 0 Å². The standard InChI is InChI=1S/C16H20N2O/c19-15-6-4-5-13-7-8-14(17-16(13)15)9-12-18-10-2-1-3-11-18/h4-8,19H,1-3,9-12H2. The SMILES string of the molecule is Oc1cccc2ccc(CCN3CCCCC3)nc12. The van der Waals surface area contributed by atoms with Crippen LogP contribution in [0.2, 0.25) is 0 Å². The first kappa shape index (κ1) is 12.4. The summed E-state index contributed by atoms with van der Waals surface area (Å²) in [5.74, 6) is 0.275. The number of phenols is 1. The van der Waals surface area contributed by atoms with E-state index in [9.17, 15) is 5.11 Å². The first-order valence-electron chi connectivity index (χ1n) is 7.13. The number of pyridine rings is 1.